The molecule has 11 rings (SSSR count). The van der Waals surface area contributed by atoms with E-state index in [-0.39, 0.29) is 0 Å². The molecule has 9 aromatic carbocycles. The van der Waals surface area contributed by atoms with Crippen molar-refractivity contribution in [3.63, 3.8) is 0 Å². The van der Waals surface area contributed by atoms with Gasteiger partial charge in [-0.1, -0.05) is 127 Å². The minimum atomic E-state index is 0.890. The molecule has 2 aliphatic heterocycles. The van der Waals surface area contributed by atoms with E-state index in [1.807, 2.05) is 6.07 Å². The number of rotatable bonds is 2. The molecule has 0 atom stereocenters. The van der Waals surface area contributed by atoms with Crippen LogP contribution in [0.2, 0.25) is 0 Å². The summed E-state index contributed by atoms with van der Waals surface area (Å²) in [5, 5.41) is 9.63. The predicted molar refractivity (Wildman–Crippen MR) is 203 cm³/mol. The summed E-state index contributed by atoms with van der Waals surface area (Å²) in [6.45, 7) is 2.19. The van der Waals surface area contributed by atoms with E-state index in [9.17, 15) is 0 Å². The Morgan fingerprint density at radius 1 is 0.347 bits per heavy atom. The van der Waals surface area contributed by atoms with Crippen molar-refractivity contribution in [3.05, 3.63) is 157 Å². The lowest BCUT2D eigenvalue weighted by molar-refractivity contribution is 0.487. The lowest BCUT2D eigenvalue weighted by atomic mass is 9.82. The molecule has 0 fully saturated rings. The smallest absolute Gasteiger partial charge is 0.135 e. The molecule has 0 amide bonds. The molecule has 0 saturated carbocycles. The second-order valence-corrected chi connectivity index (χ2v) is 13.3. The predicted octanol–water partition coefficient (Wildman–Crippen LogP) is 13.5. The molecule has 2 nitrogen and oxygen atoms in total. The fourth-order valence-corrected chi connectivity index (χ4v) is 8.41. The Morgan fingerprint density at radius 2 is 0.939 bits per heavy atom. The normalized spacial score (nSPS) is 12.5. The highest BCUT2D eigenvalue weighted by Gasteiger charge is 2.25. The maximum Gasteiger partial charge on any atom is 0.135 e. The molecule has 228 valence electrons. The van der Waals surface area contributed by atoms with Crippen molar-refractivity contribution in [2.75, 3.05) is 0 Å². The average Bonchev–Trinajstić information content (AvgIpc) is 3.14. The van der Waals surface area contributed by atoms with Gasteiger partial charge in [0, 0.05) is 21.9 Å². The van der Waals surface area contributed by atoms with E-state index in [2.05, 4.69) is 153 Å². The van der Waals surface area contributed by atoms with Crippen molar-refractivity contribution in [1.82, 2.24) is 0 Å². The van der Waals surface area contributed by atoms with Crippen LogP contribution in [0.4, 0.5) is 0 Å². The highest BCUT2D eigenvalue weighted by Crippen LogP contribution is 2.53. The number of para-hydroxylation sites is 1. The van der Waals surface area contributed by atoms with Gasteiger partial charge in [-0.25, -0.2) is 0 Å². The second kappa shape index (κ2) is 9.82. The van der Waals surface area contributed by atoms with Crippen molar-refractivity contribution in [2.45, 2.75) is 6.92 Å². The topological polar surface area (TPSA) is 18.5 Å². The summed E-state index contributed by atoms with van der Waals surface area (Å²) in [7, 11) is 0. The maximum absolute atomic E-state index is 6.65. The van der Waals surface area contributed by atoms with Gasteiger partial charge in [0.15, 0.2) is 0 Å². The number of hydrogen-bond acceptors (Lipinski definition) is 2. The highest BCUT2D eigenvalue weighted by atomic mass is 16.5. The second-order valence-electron chi connectivity index (χ2n) is 13.3. The first kappa shape index (κ1) is 26.7. The van der Waals surface area contributed by atoms with Gasteiger partial charge in [-0.2, -0.15) is 0 Å². The number of aryl methyl sites for hydroxylation is 1. The maximum atomic E-state index is 6.65. The van der Waals surface area contributed by atoms with Crippen LogP contribution in [0.5, 0.6) is 23.0 Å². The van der Waals surface area contributed by atoms with E-state index in [1.165, 1.54) is 71.1 Å². The summed E-state index contributed by atoms with van der Waals surface area (Å²) in [5.41, 5.74) is 10.7. The van der Waals surface area contributed by atoms with Crippen LogP contribution in [-0.2, 0) is 0 Å². The zero-order valence-electron chi connectivity index (χ0n) is 26.8. The molecule has 2 heteroatoms. The van der Waals surface area contributed by atoms with Crippen molar-refractivity contribution < 1.29 is 9.47 Å². The fraction of sp³-hybridized carbons (Fsp3) is 0.0213. The van der Waals surface area contributed by atoms with E-state index in [4.69, 9.17) is 9.47 Å². The van der Waals surface area contributed by atoms with Crippen LogP contribution >= 0.6 is 0 Å². The van der Waals surface area contributed by atoms with Crippen LogP contribution in [0, 0.1) is 6.92 Å². The third kappa shape index (κ3) is 3.71. The molecule has 0 N–H and O–H groups in total. The van der Waals surface area contributed by atoms with Crippen molar-refractivity contribution >= 4 is 43.1 Å². The molecule has 0 radical (unpaired) electrons. The van der Waals surface area contributed by atoms with E-state index >= 15 is 0 Å². The number of hydrogen-bond donors (Lipinski definition) is 0. The Hall–Kier alpha value is -6.38. The van der Waals surface area contributed by atoms with E-state index in [1.54, 1.807) is 0 Å². The molecular formula is C47H28O2. The van der Waals surface area contributed by atoms with Crippen LogP contribution in [-0.4, -0.2) is 0 Å². The molecule has 0 saturated heterocycles. The summed E-state index contributed by atoms with van der Waals surface area (Å²) >= 11 is 0. The standard InChI is InChI=1S/C47H28O2/c1-27-19-21-38-39(25-27)46(37-24-23-36-30-11-4-5-16-40(30)48-42-18-8-15-35(37)47(36)42)34-13-3-2-12-33(34)44(38)29-20-22-31-32-14-6-9-28-10-7-17-41(45(28)32)49-43(31)26-29/h2-26H,1H3. The summed E-state index contributed by atoms with van der Waals surface area (Å²) in [4.78, 5) is 0. The van der Waals surface area contributed by atoms with Crippen LogP contribution in [0.1, 0.15) is 5.56 Å². The van der Waals surface area contributed by atoms with E-state index in [0.29, 0.717) is 0 Å². The first-order valence-electron chi connectivity index (χ1n) is 16.8. The molecule has 2 aliphatic rings. The molecule has 0 unspecified atom stereocenters. The van der Waals surface area contributed by atoms with Crippen LogP contribution in [0.3, 0.4) is 0 Å². The Labute approximate surface area is 283 Å². The van der Waals surface area contributed by atoms with Gasteiger partial charge in [-0.15, -0.1) is 0 Å². The van der Waals surface area contributed by atoms with Crippen molar-refractivity contribution in [1.29, 1.82) is 0 Å². The van der Waals surface area contributed by atoms with Gasteiger partial charge in [-0.3, -0.25) is 0 Å². The quantitative estimate of drug-likeness (QED) is 0.178. The molecule has 9 aromatic rings. The third-order valence-corrected chi connectivity index (χ3v) is 10.5. The Morgan fingerprint density at radius 3 is 1.84 bits per heavy atom. The summed E-state index contributed by atoms with van der Waals surface area (Å²) in [5.74, 6) is 3.61. The highest BCUT2D eigenvalue weighted by molar-refractivity contribution is 6.25. The SMILES string of the molecule is Cc1ccc2c(-c3ccc4c(c3)Oc3cccc5cccc-4c35)c3ccccc3c(-c3ccc4c5c(cccc35)Oc3ccccc3-4)c2c1. The van der Waals surface area contributed by atoms with Crippen molar-refractivity contribution in [3.8, 4) is 67.5 Å². The van der Waals surface area contributed by atoms with Gasteiger partial charge in [0.25, 0.3) is 0 Å². The zero-order chi connectivity index (χ0) is 32.2. The Kier molecular flexibility index (Phi) is 5.34. The summed E-state index contributed by atoms with van der Waals surface area (Å²) in [6, 6.07) is 54.7. The van der Waals surface area contributed by atoms with Gasteiger partial charge in [-0.05, 0) is 103 Å². The monoisotopic (exact) mass is 624 g/mol. The molecule has 0 bridgehead atoms. The Bertz CT molecular complexity index is 2890. The Balaban J connectivity index is 1.20. The summed E-state index contributed by atoms with van der Waals surface area (Å²) < 4.78 is 13.1. The minimum Gasteiger partial charge on any atom is -0.456 e. The average molecular weight is 625 g/mol. The summed E-state index contributed by atoms with van der Waals surface area (Å²) in [6.07, 6.45) is 0. The van der Waals surface area contributed by atoms with Crippen LogP contribution in [0.25, 0.3) is 87.6 Å². The first-order chi connectivity index (χ1) is 24.2. The minimum absolute atomic E-state index is 0.890. The zero-order valence-corrected chi connectivity index (χ0v) is 26.8. The van der Waals surface area contributed by atoms with E-state index in [0.717, 1.165) is 45.1 Å². The molecular weight excluding hydrogens is 597 g/mol. The molecule has 2 heterocycles. The number of ether oxygens (including phenoxy) is 2. The van der Waals surface area contributed by atoms with Crippen molar-refractivity contribution in [2.24, 2.45) is 0 Å². The van der Waals surface area contributed by atoms with Gasteiger partial charge in [0.05, 0.1) is 0 Å². The molecule has 0 spiro atoms. The number of benzene rings is 9. The molecule has 0 aromatic heterocycles. The largest absolute Gasteiger partial charge is 0.456 e. The third-order valence-electron chi connectivity index (χ3n) is 10.5. The van der Waals surface area contributed by atoms with Gasteiger partial charge >= 0.3 is 0 Å². The van der Waals surface area contributed by atoms with Crippen LogP contribution in [0.15, 0.2) is 152 Å². The molecule has 49 heavy (non-hydrogen) atoms. The number of fused-ring (bicyclic) bond motifs is 6. The van der Waals surface area contributed by atoms with Gasteiger partial charge in [0.1, 0.15) is 23.0 Å². The fourth-order valence-electron chi connectivity index (χ4n) is 8.41. The van der Waals surface area contributed by atoms with Gasteiger partial charge in [0.2, 0.25) is 0 Å². The van der Waals surface area contributed by atoms with Gasteiger partial charge < -0.3 is 9.47 Å². The lowest BCUT2D eigenvalue weighted by Gasteiger charge is -2.24. The molecule has 0 aliphatic carbocycles. The van der Waals surface area contributed by atoms with Crippen LogP contribution < -0.4 is 9.47 Å². The first-order valence-corrected chi connectivity index (χ1v) is 16.8. The lowest BCUT2D eigenvalue weighted by Crippen LogP contribution is -1.99. The van der Waals surface area contributed by atoms with E-state index < -0.39 is 0 Å².